The first-order valence-electron chi connectivity index (χ1n) is 10.8. The van der Waals surface area contributed by atoms with Gasteiger partial charge in [0, 0.05) is 23.2 Å². The lowest BCUT2D eigenvalue weighted by Crippen LogP contribution is -2.57. The lowest BCUT2D eigenvalue weighted by Gasteiger charge is -2.41. The molecule has 1 amide bonds. The molecular formula is C22H24N2O6. The molecule has 0 saturated carbocycles. The third-order valence-electron chi connectivity index (χ3n) is 7.88. The highest BCUT2D eigenvalue weighted by Gasteiger charge is 2.75. The first kappa shape index (κ1) is 17.7. The number of hydrogen-bond donors (Lipinski definition) is 1. The molecule has 0 aliphatic carbocycles. The number of anilines is 1. The molecule has 158 valence electrons. The Morgan fingerprint density at radius 3 is 2.80 bits per heavy atom. The van der Waals surface area contributed by atoms with Crippen molar-refractivity contribution in [3.8, 4) is 0 Å². The Labute approximate surface area is 173 Å². The van der Waals surface area contributed by atoms with Gasteiger partial charge in [0.1, 0.15) is 11.6 Å². The van der Waals surface area contributed by atoms with Crippen molar-refractivity contribution >= 4 is 17.6 Å². The molecule has 6 aliphatic heterocycles. The van der Waals surface area contributed by atoms with E-state index in [2.05, 4.69) is 10.2 Å². The van der Waals surface area contributed by atoms with Crippen LogP contribution in [0.15, 0.2) is 24.3 Å². The lowest BCUT2D eigenvalue weighted by atomic mass is 9.70. The number of fused-ring (bicyclic) bond motifs is 11. The minimum atomic E-state index is -1.04. The third kappa shape index (κ3) is 1.88. The van der Waals surface area contributed by atoms with Crippen molar-refractivity contribution in [2.45, 2.75) is 68.7 Å². The molecular weight excluding hydrogens is 388 g/mol. The second kappa shape index (κ2) is 5.43. The Balaban J connectivity index is 1.37. The molecule has 7 rings (SSSR count). The molecule has 1 spiro atoms. The van der Waals surface area contributed by atoms with Crippen LogP contribution in [0.1, 0.15) is 32.3 Å². The zero-order valence-electron chi connectivity index (χ0n) is 16.9. The van der Waals surface area contributed by atoms with E-state index in [-0.39, 0.29) is 29.9 Å². The molecule has 8 nitrogen and oxygen atoms in total. The van der Waals surface area contributed by atoms with E-state index in [1.807, 2.05) is 38.1 Å². The summed E-state index contributed by atoms with van der Waals surface area (Å²) in [6.45, 7) is 4.44. The molecule has 0 bridgehead atoms. The predicted molar refractivity (Wildman–Crippen MR) is 102 cm³/mol. The van der Waals surface area contributed by atoms with Gasteiger partial charge in [-0.25, -0.2) is 0 Å². The summed E-state index contributed by atoms with van der Waals surface area (Å²) in [6.07, 6.45) is 0.0707. The average Bonchev–Trinajstić information content (AvgIpc) is 3.45. The third-order valence-corrected chi connectivity index (χ3v) is 7.88. The van der Waals surface area contributed by atoms with Gasteiger partial charge in [0.15, 0.2) is 24.3 Å². The van der Waals surface area contributed by atoms with Gasteiger partial charge < -0.3 is 24.3 Å². The number of esters is 1. The van der Waals surface area contributed by atoms with E-state index in [0.717, 1.165) is 30.6 Å². The fourth-order valence-corrected chi connectivity index (χ4v) is 7.06. The van der Waals surface area contributed by atoms with Gasteiger partial charge in [0.2, 0.25) is 0 Å². The van der Waals surface area contributed by atoms with Crippen molar-refractivity contribution in [2.24, 2.45) is 11.8 Å². The Bertz CT molecular complexity index is 980. The van der Waals surface area contributed by atoms with E-state index in [9.17, 15) is 9.59 Å². The Hall–Kier alpha value is -2.00. The Morgan fingerprint density at radius 1 is 1.10 bits per heavy atom. The largest absolute Gasteiger partial charge is 0.456 e. The molecule has 5 fully saturated rings. The van der Waals surface area contributed by atoms with E-state index in [4.69, 9.17) is 18.9 Å². The summed E-state index contributed by atoms with van der Waals surface area (Å²) in [6, 6.07) is 7.77. The Morgan fingerprint density at radius 2 is 1.93 bits per heavy atom. The topological polar surface area (TPSA) is 86.3 Å². The maximum atomic E-state index is 13.5. The fraction of sp³-hybridized carbons (Fsp3) is 0.636. The van der Waals surface area contributed by atoms with Gasteiger partial charge in [-0.05, 0) is 39.3 Å². The number of benzene rings is 1. The zero-order chi connectivity index (χ0) is 20.4. The number of nitrogens with zero attached hydrogens (tertiary/aromatic N) is 1. The number of para-hydroxylation sites is 1. The van der Waals surface area contributed by atoms with Crippen molar-refractivity contribution in [1.82, 2.24) is 4.90 Å². The molecule has 6 aliphatic rings. The summed E-state index contributed by atoms with van der Waals surface area (Å²) in [5.74, 6) is -1.99. The normalized spacial score (nSPS) is 47.5. The van der Waals surface area contributed by atoms with E-state index in [0.29, 0.717) is 0 Å². The summed E-state index contributed by atoms with van der Waals surface area (Å²) < 4.78 is 24.3. The van der Waals surface area contributed by atoms with Gasteiger partial charge >= 0.3 is 5.97 Å². The van der Waals surface area contributed by atoms with E-state index in [1.54, 1.807) is 0 Å². The molecule has 0 unspecified atom stereocenters. The van der Waals surface area contributed by atoms with Crippen LogP contribution in [0, 0.1) is 11.8 Å². The van der Waals surface area contributed by atoms with Crippen LogP contribution in [0.4, 0.5) is 5.69 Å². The van der Waals surface area contributed by atoms with Crippen LogP contribution in [0.5, 0.6) is 0 Å². The SMILES string of the molecule is CC1(C)O[C@H]2O[C@H]3[C@H](OC(=O)[C@H]4[C@@H]3[C@@H]3CCCN3[C@@]43C(=O)Nc4ccccc43)[C@H]2O1. The minimum Gasteiger partial charge on any atom is -0.456 e. The molecule has 1 aromatic rings. The number of carbonyl (C=O) groups is 2. The molecule has 1 aromatic carbocycles. The number of carbonyl (C=O) groups excluding carboxylic acids is 2. The molecule has 1 N–H and O–H groups in total. The number of amides is 1. The smallest absolute Gasteiger partial charge is 0.312 e. The number of hydrogen-bond acceptors (Lipinski definition) is 7. The van der Waals surface area contributed by atoms with E-state index >= 15 is 0 Å². The summed E-state index contributed by atoms with van der Waals surface area (Å²) in [5, 5.41) is 3.03. The minimum absolute atomic E-state index is 0.0825. The summed E-state index contributed by atoms with van der Waals surface area (Å²) in [7, 11) is 0. The van der Waals surface area contributed by atoms with Crippen LogP contribution in [0.3, 0.4) is 0 Å². The highest BCUT2D eigenvalue weighted by Crippen LogP contribution is 2.62. The first-order chi connectivity index (χ1) is 14.4. The van der Waals surface area contributed by atoms with Crippen LogP contribution >= 0.6 is 0 Å². The van der Waals surface area contributed by atoms with Crippen LogP contribution in [-0.2, 0) is 34.1 Å². The zero-order valence-corrected chi connectivity index (χ0v) is 16.9. The highest BCUT2D eigenvalue weighted by atomic mass is 16.8. The summed E-state index contributed by atoms with van der Waals surface area (Å²) in [5.41, 5.74) is 0.616. The highest BCUT2D eigenvalue weighted by molar-refractivity contribution is 6.09. The number of nitrogens with one attached hydrogen (secondary N) is 1. The molecule has 0 aromatic heterocycles. The van der Waals surface area contributed by atoms with Gasteiger partial charge in [-0.1, -0.05) is 18.2 Å². The van der Waals surface area contributed by atoms with Gasteiger partial charge in [-0.3, -0.25) is 14.5 Å². The first-order valence-corrected chi connectivity index (χ1v) is 10.8. The second-order valence-corrected chi connectivity index (χ2v) is 9.69. The average molecular weight is 412 g/mol. The summed E-state index contributed by atoms with van der Waals surface area (Å²) >= 11 is 0. The van der Waals surface area contributed by atoms with Crippen LogP contribution < -0.4 is 5.32 Å². The quantitative estimate of drug-likeness (QED) is 0.644. The van der Waals surface area contributed by atoms with E-state index in [1.165, 1.54) is 0 Å². The molecule has 8 atom stereocenters. The maximum absolute atomic E-state index is 13.5. The van der Waals surface area contributed by atoms with Gasteiger partial charge in [0.05, 0.1) is 5.92 Å². The molecule has 5 saturated heterocycles. The van der Waals surface area contributed by atoms with Crippen molar-refractivity contribution < 1.29 is 28.5 Å². The molecule has 0 radical (unpaired) electrons. The van der Waals surface area contributed by atoms with Gasteiger partial charge in [-0.15, -0.1) is 0 Å². The monoisotopic (exact) mass is 412 g/mol. The van der Waals surface area contributed by atoms with Crippen molar-refractivity contribution in [2.75, 3.05) is 11.9 Å². The number of ether oxygens (including phenoxy) is 4. The van der Waals surface area contributed by atoms with Crippen LogP contribution in [0.2, 0.25) is 0 Å². The van der Waals surface area contributed by atoms with Gasteiger partial charge in [0.25, 0.3) is 5.91 Å². The Kier molecular flexibility index (Phi) is 3.19. The molecule has 8 heteroatoms. The lowest BCUT2D eigenvalue weighted by molar-refractivity contribution is -0.237. The number of rotatable bonds is 0. The molecule has 30 heavy (non-hydrogen) atoms. The fourth-order valence-electron chi connectivity index (χ4n) is 7.06. The van der Waals surface area contributed by atoms with Crippen molar-refractivity contribution in [3.63, 3.8) is 0 Å². The van der Waals surface area contributed by atoms with Crippen LogP contribution in [0.25, 0.3) is 0 Å². The van der Waals surface area contributed by atoms with Crippen molar-refractivity contribution in [3.05, 3.63) is 29.8 Å². The predicted octanol–water partition coefficient (Wildman–Crippen LogP) is 1.35. The van der Waals surface area contributed by atoms with Crippen LogP contribution in [-0.4, -0.2) is 59.8 Å². The standard InChI is InChI=1S/C22H24N2O6/c1-21(2)29-17-16-15(28-19(17)30-21)13-12-8-5-9-24(12)22(14(13)18(25)27-16)10-6-3-4-7-11(10)23-20(22)26/h3-4,6-7,12-17,19H,5,8-9H2,1-2H3,(H,23,26)/t12-,13-,14+,15+,16-,17+,19+,22+/m0/s1. The second-order valence-electron chi connectivity index (χ2n) is 9.69. The molecule has 6 heterocycles. The van der Waals surface area contributed by atoms with E-state index < -0.39 is 35.7 Å². The summed E-state index contributed by atoms with van der Waals surface area (Å²) in [4.78, 5) is 29.3. The van der Waals surface area contributed by atoms with Gasteiger partial charge in [-0.2, -0.15) is 0 Å². The maximum Gasteiger partial charge on any atom is 0.312 e. The van der Waals surface area contributed by atoms with Crippen molar-refractivity contribution in [1.29, 1.82) is 0 Å².